The number of nitrogens with one attached hydrogen (secondary N) is 1. The summed E-state index contributed by atoms with van der Waals surface area (Å²) in [6.07, 6.45) is 4.37. The van der Waals surface area contributed by atoms with Crippen molar-refractivity contribution < 1.29 is 0 Å². The number of anilines is 1. The Morgan fingerprint density at radius 1 is 1.19 bits per heavy atom. The number of para-hydroxylation sites is 2. The molecule has 0 saturated carbocycles. The zero-order chi connectivity index (χ0) is 14.7. The number of piperidine rings is 1. The zero-order valence-electron chi connectivity index (χ0n) is 12.9. The number of nitrogens with zero attached hydrogens (tertiary/aromatic N) is 3. The molecule has 0 bridgehead atoms. The van der Waals surface area contributed by atoms with Gasteiger partial charge in [0.1, 0.15) is 5.82 Å². The van der Waals surface area contributed by atoms with Crippen LogP contribution in [0.15, 0.2) is 30.5 Å². The second kappa shape index (κ2) is 6.39. The molecule has 0 radical (unpaired) electrons. The molecule has 3 rings (SSSR count). The lowest BCUT2D eigenvalue weighted by molar-refractivity contribution is 0.370. The van der Waals surface area contributed by atoms with Crippen LogP contribution in [-0.2, 0) is 0 Å². The predicted octanol–water partition coefficient (Wildman–Crippen LogP) is 2.84. The fourth-order valence-electron chi connectivity index (χ4n) is 2.87. The highest BCUT2D eigenvalue weighted by Crippen LogP contribution is 2.22. The summed E-state index contributed by atoms with van der Waals surface area (Å²) in [5.74, 6) is 1.81. The topological polar surface area (TPSA) is 41.0 Å². The molecule has 2 aromatic rings. The summed E-state index contributed by atoms with van der Waals surface area (Å²) in [5.41, 5.74) is 1.95. The van der Waals surface area contributed by atoms with Crippen LogP contribution < -0.4 is 10.2 Å². The summed E-state index contributed by atoms with van der Waals surface area (Å²) in [4.78, 5) is 11.6. The fourth-order valence-corrected chi connectivity index (χ4v) is 2.87. The van der Waals surface area contributed by atoms with Gasteiger partial charge in [-0.3, -0.25) is 4.98 Å². The van der Waals surface area contributed by atoms with Crippen molar-refractivity contribution >= 4 is 16.9 Å². The van der Waals surface area contributed by atoms with Crippen LogP contribution in [0.3, 0.4) is 0 Å². The molecule has 0 amide bonds. The van der Waals surface area contributed by atoms with E-state index >= 15 is 0 Å². The summed E-state index contributed by atoms with van der Waals surface area (Å²) in [6.45, 7) is 7.71. The van der Waals surface area contributed by atoms with E-state index in [0.717, 1.165) is 42.4 Å². The highest BCUT2D eigenvalue weighted by Gasteiger charge is 2.20. The molecule has 21 heavy (non-hydrogen) atoms. The number of benzene rings is 1. The average molecular weight is 284 g/mol. The second-order valence-corrected chi connectivity index (χ2v) is 6.21. The average Bonchev–Trinajstić information content (AvgIpc) is 2.53. The van der Waals surface area contributed by atoms with Crippen LogP contribution in [0, 0.1) is 5.92 Å². The molecule has 1 aromatic heterocycles. The van der Waals surface area contributed by atoms with E-state index in [1.807, 2.05) is 30.5 Å². The van der Waals surface area contributed by atoms with E-state index in [1.54, 1.807) is 0 Å². The SMILES string of the molecule is CC(C)NCC1CCN(c2cnc3ccccc3n2)CC1. The molecule has 1 fully saturated rings. The molecule has 0 spiro atoms. The fraction of sp³-hybridized carbons (Fsp3) is 0.529. The lowest BCUT2D eigenvalue weighted by atomic mass is 9.96. The van der Waals surface area contributed by atoms with Gasteiger partial charge in [0.15, 0.2) is 0 Å². The minimum atomic E-state index is 0.578. The normalized spacial score (nSPS) is 16.8. The van der Waals surface area contributed by atoms with Gasteiger partial charge in [0, 0.05) is 19.1 Å². The van der Waals surface area contributed by atoms with E-state index in [-0.39, 0.29) is 0 Å². The molecule has 4 heteroatoms. The molecule has 1 aromatic carbocycles. The maximum Gasteiger partial charge on any atom is 0.147 e. The highest BCUT2D eigenvalue weighted by molar-refractivity contribution is 5.75. The molecule has 0 aliphatic carbocycles. The van der Waals surface area contributed by atoms with Crippen LogP contribution in [0.5, 0.6) is 0 Å². The van der Waals surface area contributed by atoms with Crippen molar-refractivity contribution in [3.8, 4) is 0 Å². The predicted molar refractivity (Wildman–Crippen MR) is 87.6 cm³/mol. The summed E-state index contributed by atoms with van der Waals surface area (Å²) < 4.78 is 0. The maximum absolute atomic E-state index is 4.75. The third kappa shape index (κ3) is 3.50. The number of aromatic nitrogens is 2. The zero-order valence-corrected chi connectivity index (χ0v) is 12.9. The molecule has 2 heterocycles. The van der Waals surface area contributed by atoms with Gasteiger partial charge >= 0.3 is 0 Å². The molecular weight excluding hydrogens is 260 g/mol. The monoisotopic (exact) mass is 284 g/mol. The Hall–Kier alpha value is -1.68. The van der Waals surface area contributed by atoms with Crippen molar-refractivity contribution in [1.29, 1.82) is 0 Å². The van der Waals surface area contributed by atoms with E-state index in [0.29, 0.717) is 6.04 Å². The Morgan fingerprint density at radius 3 is 2.62 bits per heavy atom. The standard InChI is InChI=1S/C17H24N4/c1-13(2)18-11-14-7-9-21(10-8-14)17-12-19-15-5-3-4-6-16(15)20-17/h3-6,12-14,18H,7-11H2,1-2H3. The smallest absolute Gasteiger partial charge is 0.147 e. The largest absolute Gasteiger partial charge is 0.355 e. The molecule has 4 nitrogen and oxygen atoms in total. The minimum Gasteiger partial charge on any atom is -0.355 e. The minimum absolute atomic E-state index is 0.578. The maximum atomic E-state index is 4.75. The van der Waals surface area contributed by atoms with Crippen molar-refractivity contribution in [2.75, 3.05) is 24.5 Å². The molecule has 0 atom stereocenters. The first-order chi connectivity index (χ1) is 10.2. The molecule has 1 aliphatic heterocycles. The van der Waals surface area contributed by atoms with Crippen molar-refractivity contribution in [3.05, 3.63) is 30.5 Å². The van der Waals surface area contributed by atoms with Crippen LogP contribution in [0.25, 0.3) is 11.0 Å². The Kier molecular flexibility index (Phi) is 4.34. The van der Waals surface area contributed by atoms with E-state index in [4.69, 9.17) is 4.98 Å². The van der Waals surface area contributed by atoms with Crippen molar-refractivity contribution in [1.82, 2.24) is 15.3 Å². The van der Waals surface area contributed by atoms with Gasteiger partial charge in [0.25, 0.3) is 0 Å². The highest BCUT2D eigenvalue weighted by atomic mass is 15.2. The summed E-state index contributed by atoms with van der Waals surface area (Å²) in [6, 6.07) is 8.64. The van der Waals surface area contributed by atoms with Gasteiger partial charge in [0.05, 0.1) is 17.2 Å². The lowest BCUT2D eigenvalue weighted by Crippen LogP contribution is -2.39. The first kappa shape index (κ1) is 14.3. The van der Waals surface area contributed by atoms with E-state index < -0.39 is 0 Å². The van der Waals surface area contributed by atoms with Gasteiger partial charge in [-0.2, -0.15) is 0 Å². The van der Waals surface area contributed by atoms with Crippen LogP contribution in [0.4, 0.5) is 5.82 Å². The molecule has 1 saturated heterocycles. The molecular formula is C17H24N4. The van der Waals surface area contributed by atoms with Crippen molar-refractivity contribution in [3.63, 3.8) is 0 Å². The van der Waals surface area contributed by atoms with Gasteiger partial charge < -0.3 is 10.2 Å². The van der Waals surface area contributed by atoms with Gasteiger partial charge in [-0.1, -0.05) is 26.0 Å². The lowest BCUT2D eigenvalue weighted by Gasteiger charge is -2.33. The Bertz CT molecular complexity index is 588. The second-order valence-electron chi connectivity index (χ2n) is 6.21. The number of hydrogen-bond donors (Lipinski definition) is 1. The Labute approximate surface area is 126 Å². The summed E-state index contributed by atoms with van der Waals surface area (Å²) in [7, 11) is 0. The molecule has 112 valence electrons. The van der Waals surface area contributed by atoms with Gasteiger partial charge in [-0.15, -0.1) is 0 Å². The van der Waals surface area contributed by atoms with E-state index in [1.165, 1.54) is 12.8 Å². The molecule has 1 aliphatic rings. The quantitative estimate of drug-likeness (QED) is 0.937. The third-order valence-corrected chi connectivity index (χ3v) is 4.19. The van der Waals surface area contributed by atoms with Gasteiger partial charge in [-0.05, 0) is 37.4 Å². The van der Waals surface area contributed by atoms with E-state index in [9.17, 15) is 0 Å². The first-order valence-corrected chi connectivity index (χ1v) is 7.92. The first-order valence-electron chi connectivity index (χ1n) is 7.92. The molecule has 1 N–H and O–H groups in total. The van der Waals surface area contributed by atoms with Crippen LogP contribution in [0.2, 0.25) is 0 Å². The van der Waals surface area contributed by atoms with Crippen molar-refractivity contribution in [2.45, 2.75) is 32.7 Å². The van der Waals surface area contributed by atoms with Crippen LogP contribution in [-0.4, -0.2) is 35.6 Å². The van der Waals surface area contributed by atoms with Gasteiger partial charge in [0.2, 0.25) is 0 Å². The number of fused-ring (bicyclic) bond motifs is 1. The third-order valence-electron chi connectivity index (χ3n) is 4.19. The van der Waals surface area contributed by atoms with Crippen LogP contribution >= 0.6 is 0 Å². The number of hydrogen-bond acceptors (Lipinski definition) is 4. The molecule has 0 unspecified atom stereocenters. The summed E-state index contributed by atoms with van der Waals surface area (Å²) >= 11 is 0. The number of rotatable bonds is 4. The Morgan fingerprint density at radius 2 is 1.90 bits per heavy atom. The van der Waals surface area contributed by atoms with Crippen LogP contribution in [0.1, 0.15) is 26.7 Å². The van der Waals surface area contributed by atoms with E-state index in [2.05, 4.69) is 29.0 Å². The van der Waals surface area contributed by atoms with Crippen molar-refractivity contribution in [2.24, 2.45) is 5.92 Å². The van der Waals surface area contributed by atoms with Gasteiger partial charge in [-0.25, -0.2) is 4.98 Å². The summed E-state index contributed by atoms with van der Waals surface area (Å²) in [5, 5.41) is 3.55. The Balaban J connectivity index is 1.62.